The summed E-state index contributed by atoms with van der Waals surface area (Å²) in [4.78, 5) is 37.7. The Hall–Kier alpha value is -3.49. The van der Waals surface area contributed by atoms with E-state index in [0.717, 1.165) is 19.3 Å². The van der Waals surface area contributed by atoms with Crippen molar-refractivity contribution in [2.75, 3.05) is 26.1 Å². The van der Waals surface area contributed by atoms with Gasteiger partial charge in [0.25, 0.3) is 11.8 Å². The molecular formula is C24H30N2O7. The second-order valence-electron chi connectivity index (χ2n) is 8.20. The molecule has 0 saturated heterocycles. The predicted molar refractivity (Wildman–Crippen MR) is 121 cm³/mol. The van der Waals surface area contributed by atoms with Crippen molar-refractivity contribution in [2.45, 2.75) is 39.2 Å². The zero-order valence-electron chi connectivity index (χ0n) is 19.3. The van der Waals surface area contributed by atoms with Crippen LogP contribution in [0.1, 0.15) is 54.0 Å². The van der Waals surface area contributed by atoms with Crippen molar-refractivity contribution < 1.29 is 33.0 Å². The first-order chi connectivity index (χ1) is 15.8. The van der Waals surface area contributed by atoms with Crippen molar-refractivity contribution in [3.05, 3.63) is 41.9 Å². The summed E-state index contributed by atoms with van der Waals surface area (Å²) in [5.41, 5.74) is 0.147. The van der Waals surface area contributed by atoms with Crippen LogP contribution in [-0.4, -0.2) is 44.7 Å². The van der Waals surface area contributed by atoms with Gasteiger partial charge in [0.05, 0.1) is 31.7 Å². The molecule has 178 valence electrons. The number of amides is 2. The van der Waals surface area contributed by atoms with Crippen LogP contribution in [0.4, 0.5) is 5.69 Å². The topological polar surface area (TPSA) is 116 Å². The molecule has 1 heterocycles. The predicted octanol–water partition coefficient (Wildman–Crippen LogP) is 3.65. The molecule has 1 fully saturated rings. The van der Waals surface area contributed by atoms with Crippen LogP contribution in [-0.2, 0) is 9.53 Å². The molecule has 0 aliphatic heterocycles. The van der Waals surface area contributed by atoms with Gasteiger partial charge >= 0.3 is 5.97 Å². The zero-order chi connectivity index (χ0) is 24.0. The Morgan fingerprint density at radius 2 is 1.82 bits per heavy atom. The number of hydrogen-bond acceptors (Lipinski definition) is 7. The normalized spacial score (nSPS) is 19.9. The molecule has 0 spiro atoms. The van der Waals surface area contributed by atoms with Gasteiger partial charge in [0.15, 0.2) is 23.9 Å². The van der Waals surface area contributed by atoms with E-state index in [-0.39, 0.29) is 34.7 Å². The summed E-state index contributed by atoms with van der Waals surface area (Å²) in [6.45, 7) is 3.87. The van der Waals surface area contributed by atoms with E-state index in [2.05, 4.69) is 24.5 Å². The summed E-state index contributed by atoms with van der Waals surface area (Å²) in [6, 6.07) is 5.96. The van der Waals surface area contributed by atoms with E-state index in [4.69, 9.17) is 18.6 Å². The van der Waals surface area contributed by atoms with E-state index >= 15 is 0 Å². The lowest BCUT2D eigenvalue weighted by Gasteiger charge is -2.34. The Morgan fingerprint density at radius 1 is 1.09 bits per heavy atom. The summed E-state index contributed by atoms with van der Waals surface area (Å²) in [7, 11) is 2.86. The maximum Gasteiger partial charge on any atom is 0.340 e. The fourth-order valence-electron chi connectivity index (χ4n) is 3.99. The first kappa shape index (κ1) is 24.2. The van der Waals surface area contributed by atoms with Crippen LogP contribution in [0.5, 0.6) is 11.5 Å². The highest BCUT2D eigenvalue weighted by Crippen LogP contribution is 2.34. The minimum absolute atomic E-state index is 0.0139. The van der Waals surface area contributed by atoms with Crippen LogP contribution in [0.3, 0.4) is 0 Å². The minimum Gasteiger partial charge on any atom is -0.493 e. The van der Waals surface area contributed by atoms with Crippen molar-refractivity contribution in [1.29, 1.82) is 0 Å². The molecule has 3 unspecified atom stereocenters. The standard InChI is InChI=1S/C24H30N2O7/c1-14-7-5-8-17(15(14)2)25-22(27)13-33-24(29)16-11-20(30-3)21(31-4)12-18(16)26-23(28)19-9-6-10-32-19/h6,9-12,14-15,17H,5,7-8,13H2,1-4H3,(H,25,27)(H,26,28). The summed E-state index contributed by atoms with van der Waals surface area (Å²) in [5.74, 6) is -0.177. The summed E-state index contributed by atoms with van der Waals surface area (Å²) < 4.78 is 20.9. The van der Waals surface area contributed by atoms with E-state index in [1.807, 2.05) is 0 Å². The molecule has 2 amide bonds. The average molecular weight is 459 g/mol. The van der Waals surface area contributed by atoms with Gasteiger partial charge in [0, 0.05) is 18.2 Å². The maximum atomic E-state index is 12.8. The first-order valence-electron chi connectivity index (χ1n) is 10.9. The third-order valence-electron chi connectivity index (χ3n) is 6.12. The van der Waals surface area contributed by atoms with Crippen molar-refractivity contribution >= 4 is 23.5 Å². The summed E-state index contributed by atoms with van der Waals surface area (Å²) >= 11 is 0. The minimum atomic E-state index is -0.786. The van der Waals surface area contributed by atoms with Gasteiger partial charge in [0.2, 0.25) is 0 Å². The van der Waals surface area contributed by atoms with Gasteiger partial charge < -0.3 is 29.3 Å². The number of ether oxygens (including phenoxy) is 3. The molecule has 1 aliphatic carbocycles. The van der Waals surface area contributed by atoms with E-state index < -0.39 is 18.5 Å². The number of anilines is 1. The molecule has 1 saturated carbocycles. The third kappa shape index (κ3) is 5.85. The molecule has 1 aromatic heterocycles. The average Bonchev–Trinajstić information content (AvgIpc) is 3.35. The van der Waals surface area contributed by atoms with Crippen LogP contribution in [0.25, 0.3) is 0 Å². The molecule has 9 heteroatoms. The van der Waals surface area contributed by atoms with Crippen LogP contribution in [0.2, 0.25) is 0 Å². The lowest BCUT2D eigenvalue weighted by Crippen LogP contribution is -2.45. The van der Waals surface area contributed by atoms with Gasteiger partial charge in [-0.05, 0) is 30.4 Å². The molecule has 1 aromatic carbocycles. The maximum absolute atomic E-state index is 12.8. The monoisotopic (exact) mass is 458 g/mol. The number of hydrogen-bond donors (Lipinski definition) is 2. The van der Waals surface area contributed by atoms with Crippen molar-refractivity contribution in [1.82, 2.24) is 5.32 Å². The number of nitrogens with one attached hydrogen (secondary N) is 2. The number of furan rings is 1. The van der Waals surface area contributed by atoms with Crippen molar-refractivity contribution in [2.24, 2.45) is 11.8 Å². The highest BCUT2D eigenvalue weighted by atomic mass is 16.5. The Labute approximate surface area is 192 Å². The number of methoxy groups -OCH3 is 2. The molecule has 0 bridgehead atoms. The molecule has 1 aliphatic rings. The molecule has 0 radical (unpaired) electrons. The highest BCUT2D eigenvalue weighted by Gasteiger charge is 2.28. The second-order valence-corrected chi connectivity index (χ2v) is 8.20. The van der Waals surface area contributed by atoms with Crippen molar-refractivity contribution in [3.8, 4) is 11.5 Å². The van der Waals surface area contributed by atoms with Crippen LogP contribution >= 0.6 is 0 Å². The largest absolute Gasteiger partial charge is 0.493 e. The van der Waals surface area contributed by atoms with E-state index in [0.29, 0.717) is 17.6 Å². The van der Waals surface area contributed by atoms with Gasteiger partial charge in [-0.15, -0.1) is 0 Å². The van der Waals surface area contributed by atoms with Crippen LogP contribution in [0, 0.1) is 11.8 Å². The van der Waals surface area contributed by atoms with Gasteiger partial charge in [-0.2, -0.15) is 0 Å². The molecular weight excluding hydrogens is 428 g/mol. The van der Waals surface area contributed by atoms with Gasteiger partial charge in [0.1, 0.15) is 0 Å². The van der Waals surface area contributed by atoms with Crippen molar-refractivity contribution in [3.63, 3.8) is 0 Å². The Morgan fingerprint density at radius 3 is 2.48 bits per heavy atom. The van der Waals surface area contributed by atoms with Gasteiger partial charge in [-0.1, -0.05) is 26.7 Å². The number of carbonyl (C=O) groups excluding carboxylic acids is 3. The lowest BCUT2D eigenvalue weighted by molar-refractivity contribution is -0.125. The molecule has 3 rings (SSSR count). The molecule has 33 heavy (non-hydrogen) atoms. The highest BCUT2D eigenvalue weighted by molar-refractivity contribution is 6.07. The fraction of sp³-hybridized carbons (Fsp3) is 0.458. The number of esters is 1. The van der Waals surface area contributed by atoms with E-state index in [9.17, 15) is 14.4 Å². The summed E-state index contributed by atoms with van der Waals surface area (Å²) in [5, 5.41) is 5.58. The van der Waals surface area contributed by atoms with Gasteiger partial charge in [-0.25, -0.2) is 4.79 Å². The smallest absolute Gasteiger partial charge is 0.340 e. The Balaban J connectivity index is 1.72. The number of rotatable bonds is 8. The zero-order valence-corrected chi connectivity index (χ0v) is 19.3. The fourth-order valence-corrected chi connectivity index (χ4v) is 3.99. The quantitative estimate of drug-likeness (QED) is 0.580. The van der Waals surface area contributed by atoms with Crippen LogP contribution < -0.4 is 20.1 Å². The number of benzene rings is 1. The second kappa shape index (κ2) is 10.9. The SMILES string of the molecule is COc1cc(NC(=O)c2ccco2)c(C(=O)OCC(=O)NC2CCCC(C)C2C)cc1OC. The van der Waals surface area contributed by atoms with Crippen LogP contribution in [0.15, 0.2) is 34.9 Å². The van der Waals surface area contributed by atoms with E-state index in [1.165, 1.54) is 38.7 Å². The first-order valence-corrected chi connectivity index (χ1v) is 10.9. The Bertz CT molecular complexity index is 987. The molecule has 2 aromatic rings. The number of carbonyl (C=O) groups is 3. The Kier molecular flexibility index (Phi) is 7.97. The van der Waals surface area contributed by atoms with E-state index in [1.54, 1.807) is 6.07 Å². The third-order valence-corrected chi connectivity index (χ3v) is 6.12. The molecule has 9 nitrogen and oxygen atoms in total. The lowest BCUT2D eigenvalue weighted by atomic mass is 9.78. The summed E-state index contributed by atoms with van der Waals surface area (Å²) in [6.07, 6.45) is 4.48. The molecule has 2 N–H and O–H groups in total. The van der Waals surface area contributed by atoms with Gasteiger partial charge in [-0.3, -0.25) is 9.59 Å². The molecule has 3 atom stereocenters.